The van der Waals surface area contributed by atoms with E-state index in [1.165, 1.54) is 17.4 Å². The van der Waals surface area contributed by atoms with Gasteiger partial charge in [-0.05, 0) is 48.7 Å². The normalized spacial score (nSPS) is 14.7. The first kappa shape index (κ1) is 25.6. The number of pyridine rings is 1. The van der Waals surface area contributed by atoms with Crippen molar-refractivity contribution in [3.63, 3.8) is 0 Å². The number of piperidine rings is 1. The number of amides is 1. The molecule has 0 saturated carbocycles. The molecule has 38 heavy (non-hydrogen) atoms. The molecule has 4 aromatic rings. The summed E-state index contributed by atoms with van der Waals surface area (Å²) in [6, 6.07) is 15.4. The molecule has 0 spiro atoms. The molecule has 1 aromatic carbocycles. The second-order valence-corrected chi connectivity index (χ2v) is 9.99. The number of carbonyl (C=O) groups excluding carboxylic acids is 1. The van der Waals surface area contributed by atoms with Crippen molar-refractivity contribution in [2.24, 2.45) is 0 Å². The van der Waals surface area contributed by atoms with Crippen molar-refractivity contribution in [1.29, 1.82) is 0 Å². The van der Waals surface area contributed by atoms with Gasteiger partial charge in [-0.3, -0.25) is 9.78 Å². The highest BCUT2D eigenvalue weighted by Crippen LogP contribution is 2.33. The number of halogens is 1. The van der Waals surface area contributed by atoms with E-state index in [9.17, 15) is 14.3 Å². The van der Waals surface area contributed by atoms with E-state index < -0.39 is 6.23 Å². The molecule has 1 atom stereocenters. The van der Waals surface area contributed by atoms with Gasteiger partial charge in [0.2, 0.25) is 11.0 Å². The zero-order valence-corrected chi connectivity index (χ0v) is 21.3. The van der Waals surface area contributed by atoms with Crippen molar-refractivity contribution >= 4 is 34.0 Å². The van der Waals surface area contributed by atoms with E-state index in [0.717, 1.165) is 36.8 Å². The number of hydrogen-bond acceptors (Lipinski definition) is 10. The van der Waals surface area contributed by atoms with E-state index >= 15 is 0 Å². The van der Waals surface area contributed by atoms with Crippen LogP contribution in [0.5, 0.6) is 0 Å². The fraction of sp³-hybridized carbons (Fsp3) is 0.308. The van der Waals surface area contributed by atoms with Gasteiger partial charge in [0.15, 0.2) is 11.6 Å². The van der Waals surface area contributed by atoms with Crippen LogP contribution in [0.4, 0.5) is 21.2 Å². The first-order valence-electron chi connectivity index (χ1n) is 12.3. The van der Waals surface area contributed by atoms with Crippen LogP contribution in [0.2, 0.25) is 0 Å². The van der Waals surface area contributed by atoms with Crippen LogP contribution in [0.3, 0.4) is 0 Å². The van der Waals surface area contributed by atoms with Crippen LogP contribution < -0.4 is 15.5 Å². The summed E-state index contributed by atoms with van der Waals surface area (Å²) in [6.45, 7) is 1.56. The number of aliphatic hydroxyl groups excluding tert-OH is 1. The highest BCUT2D eigenvalue weighted by Gasteiger charge is 2.25. The van der Waals surface area contributed by atoms with Crippen LogP contribution in [0.25, 0.3) is 0 Å². The van der Waals surface area contributed by atoms with Crippen LogP contribution in [0.15, 0.2) is 60.8 Å². The fourth-order valence-corrected chi connectivity index (χ4v) is 5.25. The molecule has 4 heterocycles. The molecule has 10 nitrogen and oxygen atoms in total. The maximum atomic E-state index is 13.8. The number of hydrogen-bond donors (Lipinski definition) is 3. The lowest BCUT2D eigenvalue weighted by Crippen LogP contribution is -2.33. The van der Waals surface area contributed by atoms with Crippen LogP contribution in [0, 0.1) is 5.82 Å². The highest BCUT2D eigenvalue weighted by molar-refractivity contribution is 7.15. The Bertz CT molecular complexity index is 1350. The minimum Gasteiger partial charge on any atom is -0.373 e. The van der Waals surface area contributed by atoms with Gasteiger partial charge in [0.05, 0.1) is 6.42 Å². The van der Waals surface area contributed by atoms with Gasteiger partial charge >= 0.3 is 0 Å². The molecular formula is C26H27FN8O2S. The van der Waals surface area contributed by atoms with Gasteiger partial charge in [0, 0.05) is 37.3 Å². The van der Waals surface area contributed by atoms with Crippen molar-refractivity contribution in [2.75, 3.05) is 28.6 Å². The van der Waals surface area contributed by atoms with Gasteiger partial charge in [0.25, 0.3) is 0 Å². The molecule has 196 valence electrons. The topological polar surface area (TPSA) is 129 Å². The second kappa shape index (κ2) is 12.0. The zero-order valence-electron chi connectivity index (χ0n) is 20.5. The standard InChI is InChI=1S/C26H27FN8O2S/c27-20-7-2-1-5-18(20)15-23(36)30-26-34-33-25(38-26)17-10-13-35(14-11-17)22-9-8-21(31-32-22)29-24(37)16-19-6-3-4-12-28-19/h1-9,12,17,23,36H,10-11,13-16H2,(H,30,34)(H,29,31,37). The number of anilines is 3. The first-order valence-corrected chi connectivity index (χ1v) is 13.1. The minimum atomic E-state index is -0.962. The lowest BCUT2D eigenvalue weighted by molar-refractivity contribution is -0.115. The predicted molar refractivity (Wildman–Crippen MR) is 142 cm³/mol. The lowest BCUT2D eigenvalue weighted by Gasteiger charge is -2.31. The number of nitrogens with one attached hydrogen (secondary N) is 2. The molecule has 5 rings (SSSR count). The molecule has 3 N–H and O–H groups in total. The van der Waals surface area contributed by atoms with Gasteiger partial charge < -0.3 is 20.6 Å². The van der Waals surface area contributed by atoms with Crippen molar-refractivity contribution < 1.29 is 14.3 Å². The molecular weight excluding hydrogens is 507 g/mol. The maximum Gasteiger partial charge on any atom is 0.231 e. The third-order valence-corrected chi connectivity index (χ3v) is 7.27. The fourth-order valence-electron chi connectivity index (χ4n) is 4.29. The Morgan fingerprint density at radius 1 is 1.05 bits per heavy atom. The summed E-state index contributed by atoms with van der Waals surface area (Å²) in [5, 5.41) is 34.3. The average Bonchev–Trinajstić information content (AvgIpc) is 3.39. The smallest absolute Gasteiger partial charge is 0.231 e. The van der Waals surface area contributed by atoms with Crippen molar-refractivity contribution in [3.8, 4) is 0 Å². The van der Waals surface area contributed by atoms with Crippen LogP contribution in [-0.4, -0.2) is 55.7 Å². The average molecular weight is 535 g/mol. The summed E-state index contributed by atoms with van der Waals surface area (Å²) in [5.41, 5.74) is 1.13. The maximum absolute atomic E-state index is 13.8. The van der Waals surface area contributed by atoms with Crippen LogP contribution >= 0.6 is 11.3 Å². The Labute approximate surface area is 223 Å². The van der Waals surface area contributed by atoms with Gasteiger partial charge in [-0.2, -0.15) is 0 Å². The number of carbonyl (C=O) groups is 1. The Hall–Kier alpha value is -4.03. The Morgan fingerprint density at radius 2 is 1.87 bits per heavy atom. The van der Waals surface area contributed by atoms with Crippen molar-refractivity contribution in [3.05, 3.63) is 82.9 Å². The van der Waals surface area contributed by atoms with E-state index in [0.29, 0.717) is 22.2 Å². The van der Waals surface area contributed by atoms with Gasteiger partial charge in [0.1, 0.15) is 17.1 Å². The first-order chi connectivity index (χ1) is 18.5. The quantitative estimate of drug-likeness (QED) is 0.277. The monoisotopic (exact) mass is 534 g/mol. The predicted octanol–water partition coefficient (Wildman–Crippen LogP) is 3.40. The molecule has 0 aliphatic carbocycles. The molecule has 1 saturated heterocycles. The SMILES string of the molecule is O=C(Cc1ccccn1)Nc1ccc(N2CCC(c3nnc(NC(O)Cc4ccccc4F)s3)CC2)nn1. The number of nitrogens with zero attached hydrogens (tertiary/aromatic N) is 6. The second-order valence-electron chi connectivity index (χ2n) is 8.99. The van der Waals surface area contributed by atoms with Gasteiger partial charge in [-0.1, -0.05) is 35.6 Å². The third kappa shape index (κ3) is 6.64. The Morgan fingerprint density at radius 3 is 2.61 bits per heavy atom. The van der Waals surface area contributed by atoms with Crippen LogP contribution in [0.1, 0.15) is 35.0 Å². The lowest BCUT2D eigenvalue weighted by atomic mass is 9.98. The molecule has 1 fully saturated rings. The zero-order chi connectivity index (χ0) is 26.3. The highest BCUT2D eigenvalue weighted by atomic mass is 32.1. The van der Waals surface area contributed by atoms with Crippen molar-refractivity contribution in [1.82, 2.24) is 25.4 Å². The van der Waals surface area contributed by atoms with E-state index in [2.05, 4.69) is 40.9 Å². The van der Waals surface area contributed by atoms with Gasteiger partial charge in [-0.15, -0.1) is 20.4 Å². The van der Waals surface area contributed by atoms with Crippen molar-refractivity contribution in [2.45, 2.75) is 37.8 Å². The van der Waals surface area contributed by atoms with E-state index in [4.69, 9.17) is 0 Å². The molecule has 0 radical (unpaired) electrons. The molecule has 0 bridgehead atoms. The van der Waals surface area contributed by atoms with E-state index in [1.807, 2.05) is 12.1 Å². The summed E-state index contributed by atoms with van der Waals surface area (Å²) in [7, 11) is 0. The minimum absolute atomic E-state index is 0.133. The van der Waals surface area contributed by atoms with E-state index in [-0.39, 0.29) is 30.5 Å². The summed E-state index contributed by atoms with van der Waals surface area (Å²) in [4.78, 5) is 18.5. The summed E-state index contributed by atoms with van der Waals surface area (Å²) < 4.78 is 13.8. The number of benzene rings is 1. The molecule has 1 aliphatic rings. The number of rotatable bonds is 9. The number of aliphatic hydroxyl groups is 1. The molecule has 1 amide bonds. The Balaban J connectivity index is 1.09. The van der Waals surface area contributed by atoms with Crippen LogP contribution in [-0.2, 0) is 17.6 Å². The molecule has 1 unspecified atom stereocenters. The largest absolute Gasteiger partial charge is 0.373 e. The number of aromatic nitrogens is 5. The van der Waals surface area contributed by atoms with Gasteiger partial charge in [-0.25, -0.2) is 4.39 Å². The summed E-state index contributed by atoms with van der Waals surface area (Å²) in [6.07, 6.45) is 2.74. The molecule has 1 aliphatic heterocycles. The summed E-state index contributed by atoms with van der Waals surface area (Å²) >= 11 is 1.41. The molecule has 3 aromatic heterocycles. The molecule has 12 heteroatoms. The third-order valence-electron chi connectivity index (χ3n) is 6.26. The Kier molecular flexibility index (Phi) is 8.09. The summed E-state index contributed by atoms with van der Waals surface area (Å²) in [5.74, 6) is 0.860. The van der Waals surface area contributed by atoms with E-state index in [1.54, 1.807) is 42.6 Å².